The van der Waals surface area contributed by atoms with Crippen LogP contribution in [0.25, 0.3) is 0 Å². The predicted molar refractivity (Wildman–Crippen MR) is 134 cm³/mol. The molecule has 0 aromatic heterocycles. The van der Waals surface area contributed by atoms with Gasteiger partial charge in [0.25, 0.3) is 11.6 Å². The number of azo groups is 1. The van der Waals surface area contributed by atoms with Crippen LogP contribution in [0.15, 0.2) is 46.6 Å². The van der Waals surface area contributed by atoms with Crippen LogP contribution in [0.4, 0.5) is 28.4 Å². The molecular weight excluding hydrogens is 504 g/mol. The van der Waals surface area contributed by atoms with Gasteiger partial charge in [0.1, 0.15) is 18.8 Å². The lowest BCUT2D eigenvalue weighted by Gasteiger charge is -2.24. The van der Waals surface area contributed by atoms with E-state index < -0.39 is 39.1 Å². The topological polar surface area (TPSA) is 187 Å². The number of carbonyl (C=O) groups excluding carboxylic acids is 3. The van der Waals surface area contributed by atoms with Crippen molar-refractivity contribution in [3.05, 3.63) is 62.2 Å². The predicted octanol–water partition coefficient (Wildman–Crippen LogP) is 3.55. The molecule has 0 atom stereocenters. The van der Waals surface area contributed by atoms with Gasteiger partial charge < -0.3 is 19.3 Å². The molecule has 0 saturated heterocycles. The fourth-order valence-corrected chi connectivity index (χ4v) is 3.17. The second-order valence-corrected chi connectivity index (χ2v) is 7.96. The summed E-state index contributed by atoms with van der Waals surface area (Å²) in [4.78, 5) is 58.7. The number of carbonyl (C=O) groups is 3. The molecule has 38 heavy (non-hydrogen) atoms. The van der Waals surface area contributed by atoms with Crippen LogP contribution in [0, 0.1) is 20.2 Å². The van der Waals surface area contributed by atoms with Gasteiger partial charge in [-0.2, -0.15) is 5.11 Å². The Morgan fingerprint density at radius 1 is 0.842 bits per heavy atom. The van der Waals surface area contributed by atoms with Crippen LogP contribution in [0.3, 0.4) is 0 Å². The van der Waals surface area contributed by atoms with Crippen LogP contribution in [-0.2, 0) is 19.1 Å². The molecule has 0 heterocycles. The molecule has 0 aliphatic carbocycles. The summed E-state index contributed by atoms with van der Waals surface area (Å²) in [6.45, 7) is 3.43. The van der Waals surface area contributed by atoms with Crippen molar-refractivity contribution in [3.8, 4) is 0 Å². The molecule has 0 saturated carbocycles. The maximum Gasteiger partial charge on any atom is 0.303 e. The lowest BCUT2D eigenvalue weighted by atomic mass is 10.1. The number of benzene rings is 2. The molecular formula is C23H26N6O9. The van der Waals surface area contributed by atoms with Crippen molar-refractivity contribution < 1.29 is 33.7 Å². The fraction of sp³-hybridized carbons (Fsp3) is 0.348. The van der Waals surface area contributed by atoms with Gasteiger partial charge in [0.05, 0.1) is 34.7 Å². The maximum absolute atomic E-state index is 12.4. The highest BCUT2D eigenvalue weighted by Crippen LogP contribution is 2.36. The van der Waals surface area contributed by atoms with Gasteiger partial charge in [-0.1, -0.05) is 0 Å². The fourth-order valence-electron chi connectivity index (χ4n) is 3.17. The van der Waals surface area contributed by atoms with E-state index in [2.05, 4.69) is 10.2 Å². The van der Waals surface area contributed by atoms with Crippen molar-refractivity contribution in [2.45, 2.75) is 13.8 Å². The summed E-state index contributed by atoms with van der Waals surface area (Å²) in [7, 11) is 2.77. The minimum Gasteiger partial charge on any atom is -0.464 e. The van der Waals surface area contributed by atoms with E-state index in [4.69, 9.17) is 9.47 Å². The number of nitrogens with zero attached hydrogens (tertiary/aromatic N) is 6. The summed E-state index contributed by atoms with van der Waals surface area (Å²) >= 11 is 0. The average Bonchev–Trinajstić information content (AvgIpc) is 2.85. The summed E-state index contributed by atoms with van der Waals surface area (Å²) < 4.78 is 9.96. The highest BCUT2D eigenvalue weighted by molar-refractivity contribution is 5.99. The summed E-state index contributed by atoms with van der Waals surface area (Å²) in [6, 6.07) is 8.10. The van der Waals surface area contributed by atoms with Crippen molar-refractivity contribution in [1.29, 1.82) is 0 Å². The van der Waals surface area contributed by atoms with E-state index in [0.29, 0.717) is 30.5 Å². The molecule has 0 unspecified atom stereocenters. The van der Waals surface area contributed by atoms with E-state index in [1.54, 1.807) is 24.3 Å². The van der Waals surface area contributed by atoms with Gasteiger partial charge in [-0.25, -0.2) is 0 Å². The van der Waals surface area contributed by atoms with Gasteiger partial charge in [-0.3, -0.25) is 34.6 Å². The quantitative estimate of drug-likeness (QED) is 0.170. The van der Waals surface area contributed by atoms with Gasteiger partial charge in [-0.05, 0) is 30.3 Å². The Bertz CT molecular complexity index is 1220. The van der Waals surface area contributed by atoms with E-state index in [9.17, 15) is 34.6 Å². The number of nitro groups is 2. The normalized spacial score (nSPS) is 10.6. The van der Waals surface area contributed by atoms with Crippen LogP contribution in [0.2, 0.25) is 0 Å². The minimum atomic E-state index is -0.877. The molecule has 0 aliphatic rings. The molecule has 0 spiro atoms. The summed E-state index contributed by atoms with van der Waals surface area (Å²) in [6.07, 6.45) is 0. The molecule has 15 nitrogen and oxygen atoms in total. The molecule has 2 rings (SSSR count). The molecule has 0 fully saturated rings. The van der Waals surface area contributed by atoms with Gasteiger partial charge in [0.15, 0.2) is 5.69 Å². The molecule has 15 heteroatoms. The monoisotopic (exact) mass is 530 g/mol. The first-order valence-corrected chi connectivity index (χ1v) is 11.1. The third kappa shape index (κ3) is 8.32. The molecule has 2 aromatic carbocycles. The van der Waals surface area contributed by atoms with E-state index in [1.165, 1.54) is 27.9 Å². The molecule has 0 aliphatic heterocycles. The van der Waals surface area contributed by atoms with E-state index in [1.807, 2.05) is 4.90 Å². The summed E-state index contributed by atoms with van der Waals surface area (Å²) in [5.41, 5.74) is -1.13. The Labute approximate surface area is 216 Å². The first-order chi connectivity index (χ1) is 17.9. The Morgan fingerprint density at radius 2 is 1.37 bits per heavy atom. The first-order valence-electron chi connectivity index (χ1n) is 11.1. The highest BCUT2D eigenvalue weighted by atomic mass is 16.6. The zero-order valence-corrected chi connectivity index (χ0v) is 21.2. The zero-order chi connectivity index (χ0) is 28.4. The van der Waals surface area contributed by atoms with Crippen molar-refractivity contribution >= 4 is 46.3 Å². The number of amides is 1. The lowest BCUT2D eigenvalue weighted by molar-refractivity contribution is -0.393. The number of anilines is 1. The smallest absolute Gasteiger partial charge is 0.303 e. The molecule has 0 N–H and O–H groups in total. The van der Waals surface area contributed by atoms with Crippen molar-refractivity contribution in [2.75, 3.05) is 45.3 Å². The standard InChI is InChI=1S/C23H26N6O9/c1-15(30)37-11-9-27(10-12-38-16(2)31)18-7-5-17(6-8-18)24-25-20-13-19(23(32)26(3)4)21(28(33)34)14-22(20)29(35)36/h5-8,13-14H,9-12H2,1-4H3. The molecule has 202 valence electrons. The largest absolute Gasteiger partial charge is 0.464 e. The third-order valence-corrected chi connectivity index (χ3v) is 4.94. The lowest BCUT2D eigenvalue weighted by Crippen LogP contribution is -2.31. The first kappa shape index (κ1) is 29.3. The van der Waals surface area contributed by atoms with Gasteiger partial charge in [0, 0.05) is 33.6 Å². The zero-order valence-electron chi connectivity index (χ0n) is 21.2. The number of nitro benzene ring substituents is 2. The summed E-state index contributed by atoms with van der Waals surface area (Å²) in [5.74, 6) is -1.59. The van der Waals surface area contributed by atoms with E-state index >= 15 is 0 Å². The van der Waals surface area contributed by atoms with Crippen LogP contribution in [-0.4, -0.2) is 73.0 Å². The highest BCUT2D eigenvalue weighted by Gasteiger charge is 2.29. The molecule has 0 radical (unpaired) electrons. The van der Waals surface area contributed by atoms with Crippen molar-refractivity contribution in [1.82, 2.24) is 4.90 Å². The third-order valence-electron chi connectivity index (χ3n) is 4.94. The Kier molecular flexibility index (Phi) is 10.3. The van der Waals surface area contributed by atoms with E-state index in [-0.39, 0.29) is 24.5 Å². The van der Waals surface area contributed by atoms with Crippen molar-refractivity contribution in [2.24, 2.45) is 10.2 Å². The number of ether oxygens (including phenoxy) is 2. The van der Waals surface area contributed by atoms with Crippen molar-refractivity contribution in [3.63, 3.8) is 0 Å². The van der Waals surface area contributed by atoms with Crippen LogP contribution >= 0.6 is 0 Å². The van der Waals surface area contributed by atoms with Gasteiger partial charge in [0.2, 0.25) is 0 Å². The number of hydrogen-bond donors (Lipinski definition) is 0. The second kappa shape index (κ2) is 13.4. The number of esters is 2. The molecule has 0 bridgehead atoms. The second-order valence-electron chi connectivity index (χ2n) is 7.96. The van der Waals surface area contributed by atoms with E-state index in [0.717, 1.165) is 11.0 Å². The van der Waals surface area contributed by atoms with Crippen LogP contribution in [0.1, 0.15) is 24.2 Å². The van der Waals surface area contributed by atoms with Crippen LogP contribution in [0.5, 0.6) is 0 Å². The summed E-state index contributed by atoms with van der Waals surface area (Å²) in [5, 5.41) is 30.8. The average molecular weight is 530 g/mol. The number of hydrogen-bond acceptors (Lipinski definition) is 12. The Balaban J connectivity index is 2.34. The van der Waals surface area contributed by atoms with Gasteiger partial charge in [-0.15, -0.1) is 5.11 Å². The molecule has 2 aromatic rings. The molecule has 1 amide bonds. The maximum atomic E-state index is 12.4. The minimum absolute atomic E-state index is 0.106. The van der Waals surface area contributed by atoms with Crippen LogP contribution < -0.4 is 4.90 Å². The Morgan fingerprint density at radius 3 is 1.82 bits per heavy atom. The van der Waals surface area contributed by atoms with Gasteiger partial charge >= 0.3 is 17.6 Å². The Hall–Kier alpha value is -4.95. The number of rotatable bonds is 12. The SMILES string of the molecule is CC(=O)OCCN(CCOC(C)=O)c1ccc(N=Nc2cc(C(=O)N(C)C)c([N+](=O)[O-])cc2[N+](=O)[O-])cc1.